The SMILES string of the molecule is CC(C)(C)c1ccc2c(c1)OC(C(F)F)C(C(=O)O)=C2.CF. The van der Waals surface area contributed by atoms with Gasteiger partial charge in [0.25, 0.3) is 6.43 Å². The standard InChI is InChI=1S/C15H16F2O3.CH3F/c1-15(2,3)9-5-4-8-6-10(14(18)19)12(13(16)17)20-11(8)7-9;1-2/h4-7,12-13H,1-3H3,(H,18,19);1H3. The molecule has 2 rings (SSSR count). The highest BCUT2D eigenvalue weighted by Gasteiger charge is 2.35. The van der Waals surface area contributed by atoms with E-state index in [-0.39, 0.29) is 5.41 Å². The molecule has 0 spiro atoms. The first kappa shape index (κ1) is 18.1. The van der Waals surface area contributed by atoms with Gasteiger partial charge in [0.05, 0.1) is 12.8 Å². The van der Waals surface area contributed by atoms with Gasteiger partial charge in [-0.2, -0.15) is 0 Å². The van der Waals surface area contributed by atoms with E-state index >= 15 is 0 Å². The molecular weight excluding hydrogens is 297 g/mol. The van der Waals surface area contributed by atoms with Crippen LogP contribution in [0.15, 0.2) is 23.8 Å². The molecule has 0 saturated heterocycles. The Balaban J connectivity index is 0.00000116. The van der Waals surface area contributed by atoms with E-state index in [2.05, 4.69) is 0 Å². The Morgan fingerprint density at radius 2 is 1.86 bits per heavy atom. The van der Waals surface area contributed by atoms with Crippen molar-refractivity contribution >= 4 is 12.0 Å². The van der Waals surface area contributed by atoms with E-state index in [1.165, 1.54) is 6.08 Å². The quantitative estimate of drug-likeness (QED) is 0.895. The molecule has 1 N–H and O–H groups in total. The highest BCUT2D eigenvalue weighted by atomic mass is 19.3. The van der Waals surface area contributed by atoms with Crippen LogP contribution < -0.4 is 4.74 Å². The second-order valence-corrected chi connectivity index (χ2v) is 5.78. The first-order chi connectivity index (χ1) is 10.2. The summed E-state index contributed by atoms with van der Waals surface area (Å²) in [5, 5.41) is 8.99. The number of benzene rings is 1. The summed E-state index contributed by atoms with van der Waals surface area (Å²) in [6.45, 7) is 6.00. The molecule has 0 fully saturated rings. The first-order valence-electron chi connectivity index (χ1n) is 6.62. The lowest BCUT2D eigenvalue weighted by atomic mass is 9.86. The maximum absolute atomic E-state index is 12.9. The molecule has 1 unspecified atom stereocenters. The van der Waals surface area contributed by atoms with E-state index in [9.17, 15) is 18.0 Å². The van der Waals surface area contributed by atoms with Gasteiger partial charge in [0.1, 0.15) is 5.75 Å². The van der Waals surface area contributed by atoms with Crippen molar-refractivity contribution in [1.29, 1.82) is 0 Å². The number of carbonyl (C=O) groups is 1. The van der Waals surface area contributed by atoms with Gasteiger partial charge in [-0.1, -0.05) is 32.9 Å². The molecule has 22 heavy (non-hydrogen) atoms. The summed E-state index contributed by atoms with van der Waals surface area (Å²) in [5.74, 6) is -1.09. The van der Waals surface area contributed by atoms with E-state index in [0.29, 0.717) is 18.5 Å². The lowest BCUT2D eigenvalue weighted by Crippen LogP contribution is -2.33. The zero-order valence-electron chi connectivity index (χ0n) is 12.9. The van der Waals surface area contributed by atoms with Gasteiger partial charge in [0.15, 0.2) is 6.10 Å². The highest BCUT2D eigenvalue weighted by Crippen LogP contribution is 2.35. The minimum absolute atomic E-state index is 0.143. The van der Waals surface area contributed by atoms with Gasteiger partial charge in [-0.15, -0.1) is 0 Å². The van der Waals surface area contributed by atoms with Crippen molar-refractivity contribution in [2.24, 2.45) is 0 Å². The van der Waals surface area contributed by atoms with Crippen molar-refractivity contribution in [3.8, 4) is 5.75 Å². The average molecular weight is 316 g/mol. The van der Waals surface area contributed by atoms with Gasteiger partial charge in [-0.3, -0.25) is 4.39 Å². The van der Waals surface area contributed by atoms with E-state index in [0.717, 1.165) is 5.56 Å². The Morgan fingerprint density at radius 1 is 1.27 bits per heavy atom. The summed E-state index contributed by atoms with van der Waals surface area (Å²) >= 11 is 0. The van der Waals surface area contributed by atoms with Crippen LogP contribution in [0.2, 0.25) is 0 Å². The summed E-state index contributed by atoms with van der Waals surface area (Å²) in [7, 11) is 0.500. The Morgan fingerprint density at radius 3 is 2.32 bits per heavy atom. The summed E-state index contributed by atoms with van der Waals surface area (Å²) in [5.41, 5.74) is 0.884. The van der Waals surface area contributed by atoms with Crippen LogP contribution >= 0.6 is 0 Å². The normalized spacial score (nSPS) is 16.9. The summed E-state index contributed by atoms with van der Waals surface area (Å²) in [6.07, 6.45) is -3.36. The molecule has 0 aliphatic carbocycles. The van der Waals surface area contributed by atoms with Crippen LogP contribution in [-0.2, 0) is 10.2 Å². The number of halogens is 3. The fourth-order valence-electron chi connectivity index (χ4n) is 2.04. The van der Waals surface area contributed by atoms with Crippen molar-refractivity contribution in [3.63, 3.8) is 0 Å². The van der Waals surface area contributed by atoms with Crippen LogP contribution in [0.4, 0.5) is 13.2 Å². The largest absolute Gasteiger partial charge is 0.479 e. The molecule has 122 valence electrons. The number of ether oxygens (including phenoxy) is 1. The van der Waals surface area contributed by atoms with Crippen molar-refractivity contribution in [1.82, 2.24) is 0 Å². The Kier molecular flexibility index (Phi) is 5.63. The molecule has 1 atom stereocenters. The second kappa shape index (κ2) is 6.85. The monoisotopic (exact) mass is 316 g/mol. The molecule has 0 bridgehead atoms. The average Bonchev–Trinajstić information content (AvgIpc) is 2.46. The molecule has 3 nitrogen and oxygen atoms in total. The van der Waals surface area contributed by atoms with Crippen LogP contribution in [0, 0.1) is 0 Å². The Bertz CT molecular complexity index is 574. The van der Waals surface area contributed by atoms with E-state index in [4.69, 9.17) is 9.84 Å². The third-order valence-electron chi connectivity index (χ3n) is 3.23. The smallest absolute Gasteiger partial charge is 0.335 e. The summed E-state index contributed by atoms with van der Waals surface area (Å²) in [6, 6.07) is 5.24. The number of carboxylic acid groups (broad SMARTS) is 1. The number of carboxylic acids is 1. The Labute approximate surface area is 127 Å². The minimum Gasteiger partial charge on any atom is -0.479 e. The zero-order valence-corrected chi connectivity index (χ0v) is 12.9. The predicted octanol–water partition coefficient (Wildman–Crippen LogP) is 4.06. The van der Waals surface area contributed by atoms with Crippen molar-refractivity contribution in [3.05, 3.63) is 34.9 Å². The van der Waals surface area contributed by atoms with Gasteiger partial charge in [0.2, 0.25) is 0 Å². The molecule has 1 aliphatic heterocycles. The van der Waals surface area contributed by atoms with Crippen LogP contribution in [0.3, 0.4) is 0 Å². The lowest BCUT2D eigenvalue weighted by Gasteiger charge is -2.27. The van der Waals surface area contributed by atoms with E-state index in [1.54, 1.807) is 12.1 Å². The molecular formula is C16H19F3O3. The Hall–Kier alpha value is -1.98. The third kappa shape index (κ3) is 3.81. The van der Waals surface area contributed by atoms with E-state index < -0.39 is 24.1 Å². The molecule has 6 heteroatoms. The van der Waals surface area contributed by atoms with Crippen molar-refractivity contribution in [2.75, 3.05) is 7.18 Å². The zero-order chi connectivity index (χ0) is 17.1. The molecule has 0 saturated carbocycles. The molecule has 1 heterocycles. The van der Waals surface area contributed by atoms with Crippen LogP contribution in [0.25, 0.3) is 6.08 Å². The number of fused-ring (bicyclic) bond motifs is 1. The molecule has 0 radical (unpaired) electrons. The summed E-state index contributed by atoms with van der Waals surface area (Å²) < 4.78 is 40.6. The van der Waals surface area contributed by atoms with Gasteiger partial charge in [-0.05, 0) is 23.1 Å². The first-order valence-corrected chi connectivity index (χ1v) is 6.62. The maximum atomic E-state index is 12.9. The third-order valence-corrected chi connectivity index (χ3v) is 3.23. The van der Waals surface area contributed by atoms with Gasteiger partial charge < -0.3 is 9.84 Å². The van der Waals surface area contributed by atoms with E-state index in [1.807, 2.05) is 26.8 Å². The van der Waals surface area contributed by atoms with Gasteiger partial charge >= 0.3 is 5.97 Å². The lowest BCUT2D eigenvalue weighted by molar-refractivity contribution is -0.134. The highest BCUT2D eigenvalue weighted by molar-refractivity contribution is 5.94. The van der Waals surface area contributed by atoms with Crippen LogP contribution in [0.5, 0.6) is 5.75 Å². The number of hydrogen-bond donors (Lipinski definition) is 1. The molecule has 0 aromatic heterocycles. The number of aliphatic carboxylic acids is 1. The van der Waals surface area contributed by atoms with Gasteiger partial charge in [0, 0.05) is 5.56 Å². The van der Waals surface area contributed by atoms with Crippen molar-refractivity contribution in [2.45, 2.75) is 38.7 Å². The number of hydrogen-bond acceptors (Lipinski definition) is 2. The van der Waals surface area contributed by atoms with Crippen LogP contribution in [0.1, 0.15) is 31.9 Å². The van der Waals surface area contributed by atoms with Crippen molar-refractivity contribution < 1.29 is 27.8 Å². The predicted molar refractivity (Wildman–Crippen MR) is 78.2 cm³/mol. The van der Waals surface area contributed by atoms with Crippen LogP contribution in [-0.4, -0.2) is 30.8 Å². The van der Waals surface area contributed by atoms with Gasteiger partial charge in [-0.25, -0.2) is 13.6 Å². The molecule has 0 amide bonds. The fraction of sp³-hybridized carbons (Fsp3) is 0.438. The summed E-state index contributed by atoms with van der Waals surface area (Å²) in [4.78, 5) is 11.0. The number of rotatable bonds is 2. The second-order valence-electron chi connectivity index (χ2n) is 5.78. The molecule has 1 aliphatic rings. The molecule has 1 aromatic rings. The maximum Gasteiger partial charge on any atom is 0.335 e. The minimum atomic E-state index is -2.89. The fourth-order valence-corrected chi connectivity index (χ4v) is 2.04. The number of alkyl halides is 3. The molecule has 1 aromatic carbocycles. The topological polar surface area (TPSA) is 46.5 Å².